The zero-order chi connectivity index (χ0) is 14.9. The number of halogens is 1. The lowest BCUT2D eigenvalue weighted by Crippen LogP contribution is -2.47. The third kappa shape index (κ3) is 2.52. The van der Waals surface area contributed by atoms with Gasteiger partial charge in [0.1, 0.15) is 6.17 Å². The van der Waals surface area contributed by atoms with Gasteiger partial charge in [0.05, 0.1) is 11.2 Å². The van der Waals surface area contributed by atoms with E-state index in [1.807, 2.05) is 6.92 Å². The molecule has 0 saturated carbocycles. The van der Waals surface area contributed by atoms with Crippen molar-refractivity contribution in [3.05, 3.63) is 11.2 Å². The van der Waals surface area contributed by atoms with Crippen LogP contribution in [0.15, 0.2) is 16.2 Å². The zero-order valence-corrected chi connectivity index (χ0v) is 12.7. The van der Waals surface area contributed by atoms with Gasteiger partial charge < -0.3 is 0 Å². The fourth-order valence-corrected chi connectivity index (χ4v) is 4.71. The van der Waals surface area contributed by atoms with Crippen molar-refractivity contribution in [1.82, 2.24) is 14.1 Å². The maximum Gasteiger partial charge on any atom is 0.263 e. The molecule has 1 aromatic rings. The van der Waals surface area contributed by atoms with Gasteiger partial charge in [0.15, 0.2) is 5.03 Å². The van der Waals surface area contributed by atoms with E-state index in [-0.39, 0.29) is 16.0 Å². The van der Waals surface area contributed by atoms with E-state index in [0.717, 1.165) is 6.42 Å². The highest BCUT2D eigenvalue weighted by molar-refractivity contribution is 7.89. The molecule has 1 aliphatic rings. The molecule has 1 aromatic heterocycles. The topological polar surface area (TPSA) is 84.6 Å². The molecule has 0 radical (unpaired) electrons. The first-order chi connectivity index (χ1) is 9.39. The fraction of sp³-hybridized carbons (Fsp3) is 0.636. The van der Waals surface area contributed by atoms with E-state index in [2.05, 4.69) is 10.1 Å². The minimum Gasteiger partial charge on any atom is -0.255 e. The van der Waals surface area contributed by atoms with E-state index >= 15 is 0 Å². The van der Waals surface area contributed by atoms with Gasteiger partial charge in [0.2, 0.25) is 6.08 Å². The number of rotatable bonds is 3. The van der Waals surface area contributed by atoms with Crippen molar-refractivity contribution in [2.24, 2.45) is 18.0 Å². The van der Waals surface area contributed by atoms with Crippen LogP contribution in [-0.4, -0.2) is 41.3 Å². The maximum atomic E-state index is 12.7. The first-order valence-corrected chi connectivity index (χ1v) is 7.97. The molecule has 9 heteroatoms. The molecule has 0 bridgehead atoms. The summed E-state index contributed by atoms with van der Waals surface area (Å²) >= 11 is 5.91. The summed E-state index contributed by atoms with van der Waals surface area (Å²) in [5, 5.41) is 3.81. The number of hydrogen-bond acceptors (Lipinski definition) is 5. The smallest absolute Gasteiger partial charge is 0.255 e. The van der Waals surface area contributed by atoms with Gasteiger partial charge in [-0.2, -0.15) is 14.4 Å². The van der Waals surface area contributed by atoms with Crippen molar-refractivity contribution in [1.29, 1.82) is 0 Å². The van der Waals surface area contributed by atoms with Gasteiger partial charge in [-0.25, -0.2) is 13.2 Å². The normalized spacial score (nSPS) is 24.4. The van der Waals surface area contributed by atoms with Gasteiger partial charge in [0.25, 0.3) is 10.0 Å². The Hall–Kier alpha value is -1.21. The lowest BCUT2D eigenvalue weighted by Gasteiger charge is -2.35. The summed E-state index contributed by atoms with van der Waals surface area (Å²) in [5.74, 6) is -0.0491. The summed E-state index contributed by atoms with van der Waals surface area (Å²) in [4.78, 5) is 14.2. The summed E-state index contributed by atoms with van der Waals surface area (Å²) in [6, 6.07) is 0. The lowest BCUT2D eigenvalue weighted by molar-refractivity contribution is 0.193. The van der Waals surface area contributed by atoms with E-state index in [4.69, 9.17) is 11.6 Å². The van der Waals surface area contributed by atoms with E-state index in [0.29, 0.717) is 13.0 Å². The summed E-state index contributed by atoms with van der Waals surface area (Å²) < 4.78 is 27.8. The van der Waals surface area contributed by atoms with Crippen LogP contribution in [0.5, 0.6) is 0 Å². The quantitative estimate of drug-likeness (QED) is 0.618. The van der Waals surface area contributed by atoms with Crippen LogP contribution in [0.1, 0.15) is 19.8 Å². The number of nitrogens with zero attached hydrogens (tertiary/aromatic N) is 4. The van der Waals surface area contributed by atoms with Crippen molar-refractivity contribution in [3.63, 3.8) is 0 Å². The molecule has 7 nitrogen and oxygen atoms in total. The molecular weight excluding hydrogens is 304 g/mol. The highest BCUT2D eigenvalue weighted by Gasteiger charge is 2.39. The van der Waals surface area contributed by atoms with Crippen LogP contribution in [0, 0.1) is 5.92 Å². The molecule has 20 heavy (non-hydrogen) atoms. The molecule has 1 aliphatic heterocycles. The Morgan fingerprint density at radius 2 is 2.25 bits per heavy atom. The van der Waals surface area contributed by atoms with Crippen LogP contribution in [0.4, 0.5) is 0 Å². The first kappa shape index (κ1) is 15.2. The highest BCUT2D eigenvalue weighted by atomic mass is 35.5. The molecule has 2 atom stereocenters. The van der Waals surface area contributed by atoms with Gasteiger partial charge in [-0.05, 0) is 18.8 Å². The Kier molecular flexibility index (Phi) is 4.29. The largest absolute Gasteiger partial charge is 0.263 e. The molecule has 0 N–H and O–H groups in total. The van der Waals surface area contributed by atoms with E-state index < -0.39 is 16.2 Å². The second-order valence-electron chi connectivity index (χ2n) is 4.79. The average molecular weight is 319 g/mol. The van der Waals surface area contributed by atoms with Crippen LogP contribution in [0.2, 0.25) is 5.02 Å². The molecule has 110 valence electrons. The molecule has 0 amide bonds. The van der Waals surface area contributed by atoms with Crippen LogP contribution in [-0.2, 0) is 21.9 Å². The SMILES string of the molecule is CC1CCCN(S(=O)(=O)c2c(Cl)cnn2C)C1N=C=O. The van der Waals surface area contributed by atoms with Gasteiger partial charge in [-0.1, -0.05) is 18.5 Å². The Balaban J connectivity index is 2.49. The van der Waals surface area contributed by atoms with Crippen molar-refractivity contribution in [2.45, 2.75) is 31.0 Å². The maximum absolute atomic E-state index is 12.7. The summed E-state index contributed by atoms with van der Waals surface area (Å²) in [7, 11) is -2.35. The second-order valence-corrected chi connectivity index (χ2v) is 7.00. The fourth-order valence-electron chi connectivity index (χ4n) is 2.44. The number of aryl methyl sites for hydroxylation is 1. The third-order valence-electron chi connectivity index (χ3n) is 3.42. The molecule has 2 unspecified atom stereocenters. The number of carbonyl (C=O) groups excluding carboxylic acids is 1. The molecule has 0 aliphatic carbocycles. The van der Waals surface area contributed by atoms with Gasteiger partial charge in [0, 0.05) is 13.6 Å². The minimum absolute atomic E-state index is 0.0491. The number of sulfonamides is 1. The molecule has 1 fully saturated rings. The third-order valence-corrected chi connectivity index (χ3v) is 5.80. The van der Waals surface area contributed by atoms with Gasteiger partial charge in [-0.15, -0.1) is 0 Å². The first-order valence-electron chi connectivity index (χ1n) is 6.16. The molecule has 1 saturated heterocycles. The van der Waals surface area contributed by atoms with Crippen LogP contribution >= 0.6 is 11.6 Å². The van der Waals surface area contributed by atoms with Crippen LogP contribution in [0.25, 0.3) is 0 Å². The number of hydrogen-bond donors (Lipinski definition) is 0. The number of aromatic nitrogens is 2. The average Bonchev–Trinajstić information content (AvgIpc) is 2.72. The van der Waals surface area contributed by atoms with E-state index in [1.165, 1.54) is 28.3 Å². The molecule has 2 heterocycles. The van der Waals surface area contributed by atoms with E-state index in [9.17, 15) is 13.2 Å². The number of aliphatic imine (C=N–C) groups is 1. The van der Waals surface area contributed by atoms with Crippen LogP contribution < -0.4 is 0 Å². The summed E-state index contributed by atoms with van der Waals surface area (Å²) in [6.07, 6.45) is 3.51. The number of isocyanates is 1. The Morgan fingerprint density at radius 1 is 1.55 bits per heavy atom. The minimum atomic E-state index is -3.86. The Bertz CT molecular complexity index is 631. The van der Waals surface area contributed by atoms with Crippen molar-refractivity contribution >= 4 is 27.7 Å². The number of piperidine rings is 1. The Labute approximate surface area is 122 Å². The standard InChI is InChI=1S/C11H15ClN4O3S/c1-8-4-3-5-16(10(8)13-7-17)20(18,19)11-9(12)6-14-15(11)2/h6,8,10H,3-5H2,1-2H3. The van der Waals surface area contributed by atoms with Crippen molar-refractivity contribution in [2.75, 3.05) is 6.54 Å². The van der Waals surface area contributed by atoms with Gasteiger partial charge >= 0.3 is 0 Å². The lowest BCUT2D eigenvalue weighted by atomic mass is 9.98. The molecular formula is C11H15ClN4O3S. The van der Waals surface area contributed by atoms with Crippen LogP contribution in [0.3, 0.4) is 0 Å². The van der Waals surface area contributed by atoms with Crippen molar-refractivity contribution < 1.29 is 13.2 Å². The monoisotopic (exact) mass is 318 g/mol. The van der Waals surface area contributed by atoms with Gasteiger partial charge in [-0.3, -0.25) is 4.68 Å². The zero-order valence-electron chi connectivity index (χ0n) is 11.2. The summed E-state index contributed by atoms with van der Waals surface area (Å²) in [5.41, 5.74) is 0. The second kappa shape index (κ2) is 5.65. The molecule has 2 rings (SSSR count). The molecule has 0 aromatic carbocycles. The predicted molar refractivity (Wildman–Crippen MR) is 72.4 cm³/mol. The van der Waals surface area contributed by atoms with E-state index in [1.54, 1.807) is 0 Å². The predicted octanol–water partition coefficient (Wildman–Crippen LogP) is 1.16. The Morgan fingerprint density at radius 3 is 2.80 bits per heavy atom. The molecule has 0 spiro atoms. The van der Waals surface area contributed by atoms with Crippen molar-refractivity contribution in [3.8, 4) is 0 Å². The highest BCUT2D eigenvalue weighted by Crippen LogP contribution is 2.31. The summed E-state index contributed by atoms with van der Waals surface area (Å²) in [6.45, 7) is 2.15.